The van der Waals surface area contributed by atoms with Crippen LogP contribution in [0.1, 0.15) is 155 Å². The van der Waals surface area contributed by atoms with Crippen LogP contribution in [0.4, 0.5) is 0 Å². The van der Waals surface area contributed by atoms with E-state index in [1.165, 1.54) is 51.4 Å². The van der Waals surface area contributed by atoms with Crippen molar-refractivity contribution in [2.24, 2.45) is 0 Å². The average Bonchev–Trinajstić information content (AvgIpc) is 3.06. The molecule has 0 saturated carbocycles. The average molecular weight is 641 g/mol. The molecule has 5 heteroatoms. The standard InChI is InChI=1S/C41H68O5/c1-3-5-7-9-11-13-15-17-19-20-22-23-25-27-29-31-33-35-40(43)45-38-39(37-42)46-41(44)36-34-32-30-28-26-24-21-18-16-14-12-10-8-6-4-2/h11-14,17-19,21-23,26,28,39,42H,3-10,15-16,20,24-25,27,29-38H2,1-2H3/b13-11-,14-12-,19-17-,21-18-,23-22-,28-26-/t39-/m0/s1. The molecule has 0 bridgehead atoms. The van der Waals surface area contributed by atoms with Gasteiger partial charge < -0.3 is 14.6 Å². The zero-order chi connectivity index (χ0) is 33.6. The second-order valence-corrected chi connectivity index (χ2v) is 11.9. The van der Waals surface area contributed by atoms with Gasteiger partial charge in [-0.15, -0.1) is 0 Å². The highest BCUT2D eigenvalue weighted by Crippen LogP contribution is 2.09. The predicted octanol–water partition coefficient (Wildman–Crippen LogP) is 11.4. The summed E-state index contributed by atoms with van der Waals surface area (Å²) in [6, 6.07) is 0. The highest BCUT2D eigenvalue weighted by molar-refractivity contribution is 5.70. The molecule has 0 aliphatic rings. The number of hydrogen-bond donors (Lipinski definition) is 1. The number of rotatable bonds is 32. The van der Waals surface area contributed by atoms with Gasteiger partial charge in [0.2, 0.25) is 0 Å². The van der Waals surface area contributed by atoms with E-state index >= 15 is 0 Å². The molecule has 5 nitrogen and oxygen atoms in total. The highest BCUT2D eigenvalue weighted by Gasteiger charge is 2.16. The van der Waals surface area contributed by atoms with E-state index in [9.17, 15) is 14.7 Å². The van der Waals surface area contributed by atoms with Crippen molar-refractivity contribution in [2.75, 3.05) is 13.2 Å². The van der Waals surface area contributed by atoms with Gasteiger partial charge in [-0.1, -0.05) is 125 Å². The predicted molar refractivity (Wildman–Crippen MR) is 196 cm³/mol. The van der Waals surface area contributed by atoms with Gasteiger partial charge in [0.15, 0.2) is 6.10 Å². The highest BCUT2D eigenvalue weighted by atomic mass is 16.6. The summed E-state index contributed by atoms with van der Waals surface area (Å²) in [5.74, 6) is -0.669. The van der Waals surface area contributed by atoms with E-state index in [4.69, 9.17) is 9.47 Å². The van der Waals surface area contributed by atoms with E-state index in [1.54, 1.807) is 0 Å². The molecule has 0 unspecified atom stereocenters. The Morgan fingerprint density at radius 1 is 0.500 bits per heavy atom. The Morgan fingerprint density at radius 2 is 0.870 bits per heavy atom. The first-order valence-corrected chi connectivity index (χ1v) is 18.5. The van der Waals surface area contributed by atoms with Crippen molar-refractivity contribution in [1.29, 1.82) is 0 Å². The van der Waals surface area contributed by atoms with E-state index < -0.39 is 6.10 Å². The number of aliphatic hydroxyl groups is 1. The first-order chi connectivity index (χ1) is 22.6. The van der Waals surface area contributed by atoms with Crippen molar-refractivity contribution in [3.63, 3.8) is 0 Å². The lowest BCUT2D eigenvalue weighted by atomic mass is 10.1. The van der Waals surface area contributed by atoms with Crippen molar-refractivity contribution >= 4 is 11.9 Å². The summed E-state index contributed by atoms with van der Waals surface area (Å²) >= 11 is 0. The van der Waals surface area contributed by atoms with Gasteiger partial charge in [-0.05, 0) is 89.9 Å². The maximum Gasteiger partial charge on any atom is 0.306 e. The lowest BCUT2D eigenvalue weighted by Gasteiger charge is -2.15. The number of esters is 2. The van der Waals surface area contributed by atoms with Crippen molar-refractivity contribution < 1.29 is 24.2 Å². The lowest BCUT2D eigenvalue weighted by Crippen LogP contribution is -2.28. The quantitative estimate of drug-likeness (QED) is 0.0450. The lowest BCUT2D eigenvalue weighted by molar-refractivity contribution is -0.161. The fourth-order valence-corrected chi connectivity index (χ4v) is 4.62. The van der Waals surface area contributed by atoms with Crippen LogP contribution < -0.4 is 0 Å². The van der Waals surface area contributed by atoms with Gasteiger partial charge in [-0.3, -0.25) is 9.59 Å². The van der Waals surface area contributed by atoms with Gasteiger partial charge >= 0.3 is 11.9 Å². The number of unbranched alkanes of at least 4 members (excludes halogenated alkanes) is 12. The minimum atomic E-state index is -0.803. The number of aliphatic hydroxyl groups excluding tert-OH is 1. The first kappa shape index (κ1) is 43.3. The molecule has 262 valence electrons. The Morgan fingerprint density at radius 3 is 1.33 bits per heavy atom. The van der Waals surface area contributed by atoms with E-state index in [2.05, 4.69) is 86.8 Å². The van der Waals surface area contributed by atoms with Crippen LogP contribution in [0.25, 0.3) is 0 Å². The van der Waals surface area contributed by atoms with Gasteiger partial charge in [0.05, 0.1) is 6.61 Å². The largest absolute Gasteiger partial charge is 0.462 e. The molecular formula is C41H68O5. The zero-order valence-corrected chi connectivity index (χ0v) is 29.6. The second-order valence-electron chi connectivity index (χ2n) is 11.9. The van der Waals surface area contributed by atoms with Crippen molar-refractivity contribution in [1.82, 2.24) is 0 Å². The maximum absolute atomic E-state index is 12.1. The normalized spacial score (nSPS) is 13.0. The van der Waals surface area contributed by atoms with Gasteiger partial charge in [0.1, 0.15) is 6.61 Å². The molecule has 0 rings (SSSR count). The second kappa shape index (κ2) is 36.8. The molecule has 0 spiro atoms. The molecule has 0 fully saturated rings. The minimum absolute atomic E-state index is 0.0968. The van der Waals surface area contributed by atoms with Crippen LogP contribution in [0.15, 0.2) is 72.9 Å². The molecule has 0 aliphatic carbocycles. The molecule has 1 atom stereocenters. The van der Waals surface area contributed by atoms with Crippen molar-refractivity contribution in [3.8, 4) is 0 Å². The van der Waals surface area contributed by atoms with Crippen LogP contribution in [-0.4, -0.2) is 36.4 Å². The van der Waals surface area contributed by atoms with Crippen LogP contribution in [-0.2, 0) is 19.1 Å². The van der Waals surface area contributed by atoms with Crippen LogP contribution in [0.5, 0.6) is 0 Å². The smallest absolute Gasteiger partial charge is 0.306 e. The van der Waals surface area contributed by atoms with Crippen LogP contribution >= 0.6 is 0 Å². The van der Waals surface area contributed by atoms with Gasteiger partial charge in [0, 0.05) is 12.8 Å². The summed E-state index contributed by atoms with van der Waals surface area (Å²) in [5.41, 5.74) is 0. The molecule has 46 heavy (non-hydrogen) atoms. The summed E-state index contributed by atoms with van der Waals surface area (Å²) < 4.78 is 10.5. The first-order valence-electron chi connectivity index (χ1n) is 18.5. The van der Waals surface area contributed by atoms with Gasteiger partial charge in [-0.25, -0.2) is 0 Å². The monoisotopic (exact) mass is 641 g/mol. The van der Waals surface area contributed by atoms with E-state index in [0.29, 0.717) is 12.8 Å². The van der Waals surface area contributed by atoms with Crippen LogP contribution in [0, 0.1) is 0 Å². The third kappa shape index (κ3) is 34.2. The van der Waals surface area contributed by atoms with Gasteiger partial charge in [0.25, 0.3) is 0 Å². The minimum Gasteiger partial charge on any atom is -0.462 e. The van der Waals surface area contributed by atoms with Gasteiger partial charge in [-0.2, -0.15) is 0 Å². The van der Waals surface area contributed by atoms with Crippen LogP contribution in [0.2, 0.25) is 0 Å². The number of hydrogen-bond acceptors (Lipinski definition) is 5. The van der Waals surface area contributed by atoms with E-state index in [-0.39, 0.29) is 25.2 Å². The summed E-state index contributed by atoms with van der Waals surface area (Å²) in [4.78, 5) is 24.2. The molecule has 0 amide bonds. The summed E-state index contributed by atoms with van der Waals surface area (Å²) in [5, 5.41) is 9.53. The number of allylic oxidation sites excluding steroid dienone is 12. The Balaban J connectivity index is 3.71. The molecule has 0 radical (unpaired) electrons. The Kier molecular flexibility index (Phi) is 34.7. The Bertz CT molecular complexity index is 864. The molecule has 0 heterocycles. The number of carbonyl (C=O) groups excluding carboxylic acids is 2. The molecular weight excluding hydrogens is 572 g/mol. The molecule has 0 saturated heterocycles. The Labute approximate surface area is 283 Å². The summed E-state index contributed by atoms with van der Waals surface area (Å²) in [6.07, 6.45) is 48.1. The Hall–Kier alpha value is -2.66. The fraction of sp³-hybridized carbons (Fsp3) is 0.659. The molecule has 0 aromatic carbocycles. The SMILES string of the molecule is CCCCC/C=C\C/C=C\C/C=C\CCCCCCC(=O)OC[C@H](CO)OC(=O)CCCC/C=C\C/C=C\C/C=C\CCCCC. The van der Waals surface area contributed by atoms with Crippen molar-refractivity contribution in [2.45, 2.75) is 161 Å². The van der Waals surface area contributed by atoms with Crippen LogP contribution in [0.3, 0.4) is 0 Å². The zero-order valence-electron chi connectivity index (χ0n) is 29.6. The molecule has 0 aromatic heterocycles. The third-order valence-corrected chi connectivity index (χ3v) is 7.47. The summed E-state index contributed by atoms with van der Waals surface area (Å²) in [7, 11) is 0. The molecule has 0 aromatic rings. The maximum atomic E-state index is 12.1. The van der Waals surface area contributed by atoms with E-state index in [0.717, 1.165) is 77.0 Å². The summed E-state index contributed by atoms with van der Waals surface area (Å²) in [6.45, 7) is 4.01. The third-order valence-electron chi connectivity index (χ3n) is 7.47. The number of carbonyl (C=O) groups is 2. The number of ether oxygens (including phenoxy) is 2. The topological polar surface area (TPSA) is 72.8 Å². The van der Waals surface area contributed by atoms with Crippen molar-refractivity contribution in [3.05, 3.63) is 72.9 Å². The molecule has 0 aliphatic heterocycles. The fourth-order valence-electron chi connectivity index (χ4n) is 4.62. The molecule has 1 N–H and O–H groups in total. The van der Waals surface area contributed by atoms with E-state index in [1.807, 2.05) is 0 Å².